The van der Waals surface area contributed by atoms with Crippen LogP contribution < -0.4 is 10.6 Å². The molecule has 1 unspecified atom stereocenters. The molecule has 1 aromatic rings. The molecule has 0 aliphatic carbocycles. The molecular formula is C20H32N4O2. The van der Waals surface area contributed by atoms with Crippen molar-refractivity contribution < 1.29 is 9.59 Å². The molecule has 6 nitrogen and oxygen atoms in total. The van der Waals surface area contributed by atoms with Crippen LogP contribution in [0.15, 0.2) is 30.3 Å². The van der Waals surface area contributed by atoms with E-state index in [0.717, 1.165) is 32.5 Å². The Bertz CT molecular complexity index is 564. The summed E-state index contributed by atoms with van der Waals surface area (Å²) in [6, 6.07) is 10.4. The molecule has 1 heterocycles. The van der Waals surface area contributed by atoms with Gasteiger partial charge in [-0.2, -0.15) is 0 Å². The van der Waals surface area contributed by atoms with Crippen molar-refractivity contribution in [2.24, 2.45) is 5.92 Å². The Hall–Kier alpha value is -2.08. The normalized spacial score (nSPS) is 17.5. The smallest absolute Gasteiger partial charge is 0.317 e. The summed E-state index contributed by atoms with van der Waals surface area (Å²) in [7, 11) is 0. The summed E-state index contributed by atoms with van der Waals surface area (Å²) >= 11 is 0. The maximum atomic E-state index is 12.4. The fourth-order valence-corrected chi connectivity index (χ4v) is 3.40. The lowest BCUT2D eigenvalue weighted by atomic mass is 9.97. The number of urea groups is 1. The SMILES string of the molecule is CCNC(=O)CN(CC)C(=O)NCC1CCCN(Cc2ccccc2)C1. The molecule has 1 atom stereocenters. The molecule has 2 N–H and O–H groups in total. The Kier molecular flexibility index (Phi) is 8.41. The highest BCUT2D eigenvalue weighted by Crippen LogP contribution is 2.18. The largest absolute Gasteiger partial charge is 0.355 e. The van der Waals surface area contributed by atoms with Gasteiger partial charge in [-0.15, -0.1) is 0 Å². The molecule has 6 heteroatoms. The fourth-order valence-electron chi connectivity index (χ4n) is 3.40. The van der Waals surface area contributed by atoms with E-state index in [1.54, 1.807) is 4.90 Å². The summed E-state index contributed by atoms with van der Waals surface area (Å²) < 4.78 is 0. The summed E-state index contributed by atoms with van der Waals surface area (Å²) in [4.78, 5) is 28.1. The fraction of sp³-hybridized carbons (Fsp3) is 0.600. The van der Waals surface area contributed by atoms with Crippen molar-refractivity contribution in [2.75, 3.05) is 39.3 Å². The van der Waals surface area contributed by atoms with Gasteiger partial charge < -0.3 is 15.5 Å². The van der Waals surface area contributed by atoms with Crippen LogP contribution in [0.1, 0.15) is 32.3 Å². The van der Waals surface area contributed by atoms with Gasteiger partial charge in [0.05, 0.1) is 0 Å². The second kappa shape index (κ2) is 10.8. The van der Waals surface area contributed by atoms with Crippen LogP contribution in [0.3, 0.4) is 0 Å². The van der Waals surface area contributed by atoms with Crippen molar-refractivity contribution in [3.8, 4) is 0 Å². The lowest BCUT2D eigenvalue weighted by Gasteiger charge is -2.33. The number of carbonyl (C=O) groups excluding carboxylic acids is 2. The third-order valence-electron chi connectivity index (χ3n) is 4.77. The van der Waals surface area contributed by atoms with Gasteiger partial charge >= 0.3 is 6.03 Å². The summed E-state index contributed by atoms with van der Waals surface area (Å²) in [5.41, 5.74) is 1.33. The van der Waals surface area contributed by atoms with Crippen LogP contribution in [0.5, 0.6) is 0 Å². The monoisotopic (exact) mass is 360 g/mol. The first-order chi connectivity index (χ1) is 12.6. The molecule has 0 saturated carbocycles. The highest BCUT2D eigenvalue weighted by molar-refractivity contribution is 5.83. The predicted octanol–water partition coefficient (Wildman–Crippen LogP) is 2.07. The average molecular weight is 361 g/mol. The number of nitrogens with zero attached hydrogens (tertiary/aromatic N) is 2. The van der Waals surface area contributed by atoms with Crippen LogP contribution in [0.2, 0.25) is 0 Å². The molecular weight excluding hydrogens is 328 g/mol. The molecule has 1 aliphatic rings. The lowest BCUT2D eigenvalue weighted by Crippen LogP contribution is -2.48. The van der Waals surface area contributed by atoms with Gasteiger partial charge in [0.1, 0.15) is 6.54 Å². The van der Waals surface area contributed by atoms with E-state index in [-0.39, 0.29) is 18.5 Å². The molecule has 0 aromatic heterocycles. The number of nitrogens with one attached hydrogen (secondary N) is 2. The molecule has 26 heavy (non-hydrogen) atoms. The Labute approximate surface area is 156 Å². The molecule has 3 amide bonds. The van der Waals surface area contributed by atoms with E-state index in [0.29, 0.717) is 25.6 Å². The van der Waals surface area contributed by atoms with E-state index in [9.17, 15) is 9.59 Å². The second-order valence-corrected chi connectivity index (χ2v) is 6.88. The number of carbonyl (C=O) groups is 2. The number of hydrogen-bond donors (Lipinski definition) is 2. The zero-order valence-electron chi connectivity index (χ0n) is 16.0. The summed E-state index contributed by atoms with van der Waals surface area (Å²) in [6.45, 7) is 8.71. The number of piperidine rings is 1. The van der Waals surface area contributed by atoms with E-state index in [2.05, 4.69) is 39.8 Å². The summed E-state index contributed by atoms with van der Waals surface area (Å²) in [6.07, 6.45) is 2.29. The minimum atomic E-state index is -0.154. The van der Waals surface area contributed by atoms with Crippen LogP contribution in [0, 0.1) is 5.92 Å². The van der Waals surface area contributed by atoms with Crippen LogP contribution in [-0.2, 0) is 11.3 Å². The van der Waals surface area contributed by atoms with E-state index in [4.69, 9.17) is 0 Å². The minimum Gasteiger partial charge on any atom is -0.355 e. The Morgan fingerprint density at radius 3 is 2.65 bits per heavy atom. The molecule has 1 aliphatic heterocycles. The van der Waals surface area contributed by atoms with Gasteiger partial charge in [0.15, 0.2) is 0 Å². The van der Waals surface area contributed by atoms with Crippen LogP contribution >= 0.6 is 0 Å². The van der Waals surface area contributed by atoms with Gasteiger partial charge in [-0.3, -0.25) is 9.69 Å². The molecule has 0 bridgehead atoms. The number of likely N-dealkylation sites (N-methyl/N-ethyl adjacent to an activating group) is 2. The maximum Gasteiger partial charge on any atom is 0.317 e. The highest BCUT2D eigenvalue weighted by atomic mass is 16.2. The van der Waals surface area contributed by atoms with Gasteiger partial charge in [-0.1, -0.05) is 30.3 Å². The van der Waals surface area contributed by atoms with Crippen molar-refractivity contribution >= 4 is 11.9 Å². The first kappa shape index (κ1) is 20.2. The number of amides is 3. The Morgan fingerprint density at radius 1 is 1.19 bits per heavy atom. The van der Waals surface area contributed by atoms with E-state index in [1.807, 2.05) is 19.9 Å². The maximum absolute atomic E-state index is 12.4. The number of likely N-dealkylation sites (tertiary alicyclic amines) is 1. The quantitative estimate of drug-likeness (QED) is 0.746. The van der Waals surface area contributed by atoms with Crippen molar-refractivity contribution in [2.45, 2.75) is 33.2 Å². The average Bonchev–Trinajstić information content (AvgIpc) is 2.65. The lowest BCUT2D eigenvalue weighted by molar-refractivity contribution is -0.121. The third-order valence-corrected chi connectivity index (χ3v) is 4.77. The van der Waals surface area contributed by atoms with Crippen LogP contribution in [-0.4, -0.2) is 61.0 Å². The first-order valence-electron chi connectivity index (χ1n) is 9.68. The van der Waals surface area contributed by atoms with E-state index >= 15 is 0 Å². The van der Waals surface area contributed by atoms with E-state index in [1.165, 1.54) is 5.56 Å². The number of benzene rings is 1. The minimum absolute atomic E-state index is 0.112. The van der Waals surface area contributed by atoms with Gasteiger partial charge in [0.25, 0.3) is 0 Å². The second-order valence-electron chi connectivity index (χ2n) is 6.88. The molecule has 1 aromatic carbocycles. The van der Waals surface area contributed by atoms with Crippen molar-refractivity contribution in [3.63, 3.8) is 0 Å². The van der Waals surface area contributed by atoms with Crippen molar-refractivity contribution in [3.05, 3.63) is 35.9 Å². The molecule has 1 fully saturated rings. The summed E-state index contributed by atoms with van der Waals surface area (Å²) in [5.74, 6) is 0.343. The van der Waals surface area contributed by atoms with Gasteiger partial charge in [-0.05, 0) is 44.7 Å². The van der Waals surface area contributed by atoms with Gasteiger partial charge in [0.2, 0.25) is 5.91 Å². The number of hydrogen-bond acceptors (Lipinski definition) is 3. The van der Waals surface area contributed by atoms with Crippen molar-refractivity contribution in [1.82, 2.24) is 20.4 Å². The highest BCUT2D eigenvalue weighted by Gasteiger charge is 2.22. The zero-order valence-corrected chi connectivity index (χ0v) is 16.0. The number of rotatable bonds is 8. The Morgan fingerprint density at radius 2 is 1.96 bits per heavy atom. The third kappa shape index (κ3) is 6.67. The van der Waals surface area contributed by atoms with E-state index < -0.39 is 0 Å². The zero-order chi connectivity index (χ0) is 18.8. The first-order valence-corrected chi connectivity index (χ1v) is 9.68. The molecule has 0 spiro atoms. The standard InChI is InChI=1S/C20H32N4O2/c1-3-21-19(25)16-24(4-2)20(26)22-13-18-11-8-12-23(15-18)14-17-9-6-5-7-10-17/h5-7,9-10,18H,3-4,8,11-16H2,1-2H3,(H,21,25)(H,22,26). The van der Waals surface area contributed by atoms with Gasteiger partial charge in [0, 0.05) is 32.7 Å². The topological polar surface area (TPSA) is 64.7 Å². The van der Waals surface area contributed by atoms with Crippen LogP contribution in [0.25, 0.3) is 0 Å². The Balaban J connectivity index is 1.76. The van der Waals surface area contributed by atoms with Crippen LogP contribution in [0.4, 0.5) is 4.79 Å². The molecule has 1 saturated heterocycles. The summed E-state index contributed by atoms with van der Waals surface area (Å²) in [5, 5.41) is 5.75. The predicted molar refractivity (Wildman–Crippen MR) is 104 cm³/mol. The molecule has 144 valence electrons. The van der Waals surface area contributed by atoms with Gasteiger partial charge in [-0.25, -0.2) is 4.79 Å². The van der Waals surface area contributed by atoms with Crippen molar-refractivity contribution in [1.29, 1.82) is 0 Å². The molecule has 2 rings (SSSR count). The molecule has 0 radical (unpaired) electrons.